The Morgan fingerprint density at radius 2 is 1.68 bits per heavy atom. The molecule has 6 aliphatic rings. The molecule has 1 aromatic rings. The number of rotatable bonds is 3. The van der Waals surface area contributed by atoms with Gasteiger partial charge in [0.15, 0.2) is 11.9 Å². The maximum Gasteiger partial charge on any atom is 0.315 e. The van der Waals surface area contributed by atoms with E-state index in [0.29, 0.717) is 6.42 Å². The summed E-state index contributed by atoms with van der Waals surface area (Å²) in [6, 6.07) is 1.83. The van der Waals surface area contributed by atoms with Crippen molar-refractivity contribution in [1.29, 1.82) is 0 Å². The van der Waals surface area contributed by atoms with Crippen LogP contribution in [0.1, 0.15) is 65.4 Å². The van der Waals surface area contributed by atoms with E-state index in [1.54, 1.807) is 19.5 Å². The number of carbonyl (C=O) groups excluding carboxylic acids is 4. The van der Waals surface area contributed by atoms with Gasteiger partial charge in [-0.05, 0) is 37.3 Å². The van der Waals surface area contributed by atoms with E-state index in [9.17, 15) is 24.6 Å². The maximum atomic E-state index is 15.0. The summed E-state index contributed by atoms with van der Waals surface area (Å²) < 4.78 is 29.2. The number of fused-ring (bicyclic) bond motifs is 1. The summed E-state index contributed by atoms with van der Waals surface area (Å²) in [7, 11) is 0. The molecule has 7 rings (SSSR count). The van der Waals surface area contributed by atoms with Gasteiger partial charge in [0.2, 0.25) is 0 Å². The van der Waals surface area contributed by atoms with E-state index in [1.165, 1.54) is 13.8 Å². The number of Topliss-reactive ketones (excluding diaryl/α,β-unsaturated/α-hetero) is 1. The largest absolute Gasteiger partial charge is 0.472 e. The molecule has 4 saturated carbocycles. The number of aliphatic hydroxyl groups is 2. The van der Waals surface area contributed by atoms with E-state index in [0.717, 1.165) is 5.56 Å². The summed E-state index contributed by atoms with van der Waals surface area (Å²) in [4.78, 5) is 53.0. The van der Waals surface area contributed by atoms with Gasteiger partial charge < -0.3 is 33.6 Å². The van der Waals surface area contributed by atoms with Crippen molar-refractivity contribution in [2.75, 3.05) is 6.61 Å². The number of esters is 3. The molecule has 11 heteroatoms. The quantitative estimate of drug-likeness (QED) is 0.308. The molecule has 4 aliphatic carbocycles. The highest BCUT2D eigenvalue weighted by Crippen LogP contribution is 2.82. The third kappa shape index (κ3) is 2.77. The van der Waals surface area contributed by atoms with Crippen LogP contribution in [0.15, 0.2) is 23.0 Å². The number of ether oxygens (including phenoxy) is 4. The number of ketones is 1. The third-order valence-corrected chi connectivity index (χ3v) is 12.4. The fourth-order valence-corrected chi connectivity index (χ4v) is 10.8. The molecule has 0 amide bonds. The predicted octanol–water partition coefficient (Wildman–Crippen LogP) is 1.67. The highest BCUT2D eigenvalue weighted by atomic mass is 16.6. The Bertz CT molecular complexity index is 1360. The SMILES string of the molecule is CC(=O)O[C@@H]1C[C@H](O)[C@@]23COC(=O)[C@]1(C)[C@@H]2C[C@@H](O)[C@]1(C)[C@@H]3C(=O)[C@H](OC(C)=O)[C@@]2(C)[C@H](c3ccoc3)C[C@H]3O[C@]321. The molecule has 2 bridgehead atoms. The zero-order valence-corrected chi connectivity index (χ0v) is 23.7. The monoisotopic (exact) mass is 572 g/mol. The molecule has 1 aromatic heterocycles. The van der Waals surface area contributed by atoms with Crippen LogP contribution < -0.4 is 0 Å². The summed E-state index contributed by atoms with van der Waals surface area (Å²) in [5, 5.41) is 24.1. The van der Waals surface area contributed by atoms with Crippen molar-refractivity contribution in [3.8, 4) is 0 Å². The lowest BCUT2D eigenvalue weighted by Crippen LogP contribution is -2.82. The highest BCUT2D eigenvalue weighted by molar-refractivity contribution is 5.93. The van der Waals surface area contributed by atoms with Gasteiger partial charge in [0, 0.05) is 42.9 Å². The standard InChI is InChI=1S/C30H36O11/c1-13(31)39-20-10-19(34)29-12-38-25(36)26(20,3)17(29)9-18(33)28(5)23(29)22(35)24(40-14(2)32)27(4)16(15-6-7-37-11-15)8-21-30(27,28)41-21/h6-7,11,16-21,23-24,33-34H,8-10,12H2,1-5H3/t16-,17-,18+,19-,20+,21+,23-,24-,26+,27+,28+,29+,30+/m0/s1. The van der Waals surface area contributed by atoms with Crippen molar-refractivity contribution < 1.29 is 52.8 Å². The molecular formula is C30H36O11. The molecule has 222 valence electrons. The number of aliphatic hydroxyl groups excluding tert-OH is 2. The van der Waals surface area contributed by atoms with Crippen molar-refractivity contribution >= 4 is 23.7 Å². The van der Waals surface area contributed by atoms with Crippen LogP contribution in [0, 0.1) is 33.5 Å². The van der Waals surface area contributed by atoms with Gasteiger partial charge in [0.1, 0.15) is 23.7 Å². The molecule has 0 unspecified atom stereocenters. The fraction of sp³-hybridized carbons (Fsp3) is 0.733. The Morgan fingerprint density at radius 3 is 2.32 bits per heavy atom. The van der Waals surface area contributed by atoms with Crippen LogP contribution in [0.5, 0.6) is 0 Å². The van der Waals surface area contributed by atoms with Gasteiger partial charge in [-0.2, -0.15) is 0 Å². The normalized spacial score (nSPS) is 52.8. The number of carbonyl (C=O) groups is 4. The third-order valence-electron chi connectivity index (χ3n) is 12.4. The number of furan rings is 1. The molecular weight excluding hydrogens is 536 g/mol. The molecule has 0 radical (unpaired) electrons. The summed E-state index contributed by atoms with van der Waals surface area (Å²) in [5.41, 5.74) is -5.27. The topological polar surface area (TPSA) is 162 Å². The number of hydrogen-bond donors (Lipinski definition) is 2. The first-order valence-corrected chi connectivity index (χ1v) is 14.3. The Labute approximate surface area is 236 Å². The zero-order chi connectivity index (χ0) is 29.5. The zero-order valence-electron chi connectivity index (χ0n) is 23.7. The summed E-state index contributed by atoms with van der Waals surface area (Å²) in [6.45, 7) is 7.58. The molecule has 1 spiro atoms. The number of hydrogen-bond acceptors (Lipinski definition) is 11. The first-order chi connectivity index (χ1) is 19.2. The lowest BCUT2D eigenvalue weighted by atomic mass is 9.33. The average molecular weight is 573 g/mol. The van der Waals surface area contributed by atoms with Gasteiger partial charge in [0.05, 0.1) is 36.3 Å². The predicted molar refractivity (Wildman–Crippen MR) is 136 cm³/mol. The number of cyclic esters (lactones) is 1. The lowest BCUT2D eigenvalue weighted by Gasteiger charge is -2.71. The van der Waals surface area contributed by atoms with Crippen molar-refractivity contribution in [1.82, 2.24) is 0 Å². The van der Waals surface area contributed by atoms with Crippen LogP contribution in [0.25, 0.3) is 0 Å². The summed E-state index contributed by atoms with van der Waals surface area (Å²) >= 11 is 0. The fourth-order valence-electron chi connectivity index (χ4n) is 10.8. The van der Waals surface area contributed by atoms with Crippen molar-refractivity contribution in [2.45, 2.75) is 95.9 Å². The van der Waals surface area contributed by atoms with Crippen molar-refractivity contribution in [3.63, 3.8) is 0 Å². The molecule has 6 fully saturated rings. The molecule has 11 nitrogen and oxygen atoms in total. The van der Waals surface area contributed by atoms with Crippen LogP contribution in [-0.2, 0) is 38.1 Å². The van der Waals surface area contributed by atoms with E-state index < -0.39 is 87.2 Å². The Kier molecular flexibility index (Phi) is 5.28. The summed E-state index contributed by atoms with van der Waals surface area (Å²) in [5.74, 6) is -4.40. The second-order valence-corrected chi connectivity index (χ2v) is 13.7. The Morgan fingerprint density at radius 1 is 0.976 bits per heavy atom. The first kappa shape index (κ1) is 27.1. The molecule has 13 atom stereocenters. The second-order valence-electron chi connectivity index (χ2n) is 13.7. The lowest BCUT2D eigenvalue weighted by molar-refractivity contribution is -0.313. The maximum absolute atomic E-state index is 15.0. The minimum atomic E-state index is -1.42. The van der Waals surface area contributed by atoms with Gasteiger partial charge >= 0.3 is 17.9 Å². The van der Waals surface area contributed by atoms with Gasteiger partial charge in [-0.25, -0.2) is 0 Å². The molecule has 2 aliphatic heterocycles. The Balaban J connectivity index is 1.44. The van der Waals surface area contributed by atoms with Crippen molar-refractivity contribution in [3.05, 3.63) is 24.2 Å². The minimum absolute atomic E-state index is 0.0588. The molecule has 0 aromatic carbocycles. The molecule has 3 heterocycles. The van der Waals surface area contributed by atoms with E-state index in [1.807, 2.05) is 19.9 Å². The van der Waals surface area contributed by atoms with E-state index in [4.69, 9.17) is 23.4 Å². The summed E-state index contributed by atoms with van der Waals surface area (Å²) in [6.07, 6.45) is -1.29. The minimum Gasteiger partial charge on any atom is -0.472 e. The second kappa shape index (κ2) is 7.99. The van der Waals surface area contributed by atoms with Crippen LogP contribution >= 0.6 is 0 Å². The first-order valence-electron chi connectivity index (χ1n) is 14.3. The molecule has 41 heavy (non-hydrogen) atoms. The molecule has 2 saturated heterocycles. The van der Waals surface area contributed by atoms with Crippen LogP contribution in [-0.4, -0.2) is 76.6 Å². The van der Waals surface area contributed by atoms with E-state index in [-0.39, 0.29) is 31.5 Å². The van der Waals surface area contributed by atoms with Crippen LogP contribution in [0.2, 0.25) is 0 Å². The van der Waals surface area contributed by atoms with Gasteiger partial charge in [0.25, 0.3) is 0 Å². The highest BCUT2D eigenvalue weighted by Gasteiger charge is 2.92. The van der Waals surface area contributed by atoms with E-state index in [2.05, 4.69) is 0 Å². The number of epoxide rings is 1. The molecule has 2 N–H and O–H groups in total. The van der Waals surface area contributed by atoms with Crippen LogP contribution in [0.4, 0.5) is 0 Å². The Hall–Kier alpha value is -2.76. The van der Waals surface area contributed by atoms with Crippen molar-refractivity contribution in [2.24, 2.45) is 33.5 Å². The smallest absolute Gasteiger partial charge is 0.315 e. The van der Waals surface area contributed by atoms with Crippen LogP contribution in [0.3, 0.4) is 0 Å². The van der Waals surface area contributed by atoms with Gasteiger partial charge in [-0.3, -0.25) is 19.2 Å². The average Bonchev–Trinajstić information content (AvgIpc) is 3.26. The van der Waals surface area contributed by atoms with Gasteiger partial charge in [-0.1, -0.05) is 13.8 Å². The van der Waals surface area contributed by atoms with E-state index >= 15 is 4.79 Å². The van der Waals surface area contributed by atoms with Gasteiger partial charge in [-0.15, -0.1) is 0 Å².